The summed E-state index contributed by atoms with van der Waals surface area (Å²) in [5.41, 5.74) is 0.935. The fourth-order valence-corrected chi connectivity index (χ4v) is 2.43. The first-order valence-corrected chi connectivity index (χ1v) is 6.51. The number of aromatic nitrogens is 1. The summed E-state index contributed by atoms with van der Waals surface area (Å²) in [5.74, 6) is 0.0400. The maximum Gasteiger partial charge on any atom is 0.261 e. The molecule has 2 N–H and O–H groups in total. The summed E-state index contributed by atoms with van der Waals surface area (Å²) in [7, 11) is 1.79. The Labute approximate surface area is 138 Å². The number of carbonyl (C=O) groups is 1. The van der Waals surface area contributed by atoms with Gasteiger partial charge in [-0.2, -0.15) is 4.57 Å². The Hall–Kier alpha value is -2.40. The fraction of sp³-hybridized carbons (Fsp3) is 0.0588. The SMILES string of the molecule is C[n+]1ccc2cc(O)ccc2c1C(=O)c1cccc(O)c1.[Br-]. The quantitative estimate of drug-likeness (QED) is 0.470. The first-order chi connectivity index (χ1) is 10.1. The van der Waals surface area contributed by atoms with Gasteiger partial charge in [0.05, 0.1) is 5.39 Å². The van der Waals surface area contributed by atoms with Gasteiger partial charge in [-0.25, -0.2) is 0 Å². The number of hydrogen-bond acceptors (Lipinski definition) is 3. The van der Waals surface area contributed by atoms with Gasteiger partial charge in [0.2, 0.25) is 0 Å². The van der Waals surface area contributed by atoms with Gasteiger partial charge in [-0.15, -0.1) is 0 Å². The molecule has 22 heavy (non-hydrogen) atoms. The van der Waals surface area contributed by atoms with Crippen molar-refractivity contribution in [2.45, 2.75) is 0 Å². The minimum absolute atomic E-state index is 0. The maximum absolute atomic E-state index is 12.7. The number of phenolic OH excluding ortho intramolecular Hbond substituents is 2. The average molecular weight is 360 g/mol. The van der Waals surface area contributed by atoms with Gasteiger partial charge in [-0.05, 0) is 35.7 Å². The summed E-state index contributed by atoms with van der Waals surface area (Å²) in [6.45, 7) is 0. The second-order valence-electron chi connectivity index (χ2n) is 4.93. The normalized spacial score (nSPS) is 10.2. The van der Waals surface area contributed by atoms with Crippen LogP contribution in [0.1, 0.15) is 16.1 Å². The Morgan fingerprint density at radius 2 is 1.73 bits per heavy atom. The van der Waals surface area contributed by atoms with Crippen LogP contribution >= 0.6 is 0 Å². The first-order valence-electron chi connectivity index (χ1n) is 6.51. The third-order valence-electron chi connectivity index (χ3n) is 3.44. The summed E-state index contributed by atoms with van der Waals surface area (Å²) in [4.78, 5) is 12.7. The van der Waals surface area contributed by atoms with Crippen molar-refractivity contribution in [1.82, 2.24) is 0 Å². The van der Waals surface area contributed by atoms with Crippen molar-refractivity contribution in [3.05, 3.63) is 66.0 Å². The molecule has 0 aliphatic carbocycles. The number of benzene rings is 2. The molecule has 5 heteroatoms. The summed E-state index contributed by atoms with van der Waals surface area (Å²) in [5, 5.41) is 20.6. The highest BCUT2D eigenvalue weighted by Gasteiger charge is 2.22. The van der Waals surface area contributed by atoms with Crippen LogP contribution in [0.2, 0.25) is 0 Å². The van der Waals surface area contributed by atoms with Crippen LogP contribution in [0.25, 0.3) is 10.8 Å². The standard InChI is InChI=1S/C17H13NO3.BrH/c1-18-8-7-11-9-14(20)5-6-15(11)16(18)17(21)12-3-2-4-13(19)10-12;/h2-10,19H,1H3;1H. The van der Waals surface area contributed by atoms with Gasteiger partial charge in [-0.3, -0.25) is 4.79 Å². The van der Waals surface area contributed by atoms with Crippen molar-refractivity contribution >= 4 is 16.6 Å². The minimum atomic E-state index is -0.176. The fourth-order valence-electron chi connectivity index (χ4n) is 2.43. The van der Waals surface area contributed by atoms with E-state index in [-0.39, 0.29) is 34.3 Å². The van der Waals surface area contributed by atoms with E-state index in [4.69, 9.17) is 0 Å². The molecule has 0 bridgehead atoms. The zero-order valence-electron chi connectivity index (χ0n) is 11.8. The van der Waals surface area contributed by atoms with Crippen molar-refractivity contribution in [2.75, 3.05) is 0 Å². The van der Waals surface area contributed by atoms with Gasteiger partial charge in [0, 0.05) is 11.6 Å². The molecule has 0 fully saturated rings. The number of rotatable bonds is 2. The molecular weight excluding hydrogens is 346 g/mol. The Morgan fingerprint density at radius 3 is 2.45 bits per heavy atom. The molecule has 0 saturated heterocycles. The maximum atomic E-state index is 12.7. The highest BCUT2D eigenvalue weighted by molar-refractivity contribution is 6.14. The summed E-state index contributed by atoms with van der Waals surface area (Å²) >= 11 is 0. The Kier molecular flexibility index (Phi) is 4.47. The van der Waals surface area contributed by atoms with Gasteiger partial charge in [0.25, 0.3) is 11.5 Å². The van der Waals surface area contributed by atoms with Crippen LogP contribution in [0.3, 0.4) is 0 Å². The van der Waals surface area contributed by atoms with E-state index in [1.807, 2.05) is 6.07 Å². The van der Waals surface area contributed by atoms with E-state index in [0.717, 1.165) is 10.8 Å². The molecule has 2 aromatic carbocycles. The number of halogens is 1. The van der Waals surface area contributed by atoms with Crippen molar-refractivity contribution in [3.8, 4) is 11.5 Å². The molecule has 0 spiro atoms. The van der Waals surface area contributed by atoms with Crippen LogP contribution in [0, 0.1) is 0 Å². The number of ketones is 1. The van der Waals surface area contributed by atoms with Gasteiger partial charge in [-0.1, -0.05) is 12.1 Å². The zero-order chi connectivity index (χ0) is 15.0. The van der Waals surface area contributed by atoms with Crippen molar-refractivity contribution in [3.63, 3.8) is 0 Å². The van der Waals surface area contributed by atoms with Crippen LogP contribution in [-0.2, 0) is 7.05 Å². The van der Waals surface area contributed by atoms with Crippen LogP contribution in [0.4, 0.5) is 0 Å². The number of nitrogens with zero attached hydrogens (tertiary/aromatic N) is 1. The molecule has 0 aliphatic rings. The van der Waals surface area contributed by atoms with Crippen molar-refractivity contribution in [2.24, 2.45) is 7.05 Å². The number of aryl methyl sites for hydroxylation is 1. The Bertz CT molecular complexity index is 862. The molecule has 112 valence electrons. The molecule has 1 heterocycles. The predicted molar refractivity (Wildman–Crippen MR) is 78.3 cm³/mol. The second kappa shape index (κ2) is 6.15. The zero-order valence-corrected chi connectivity index (χ0v) is 13.4. The lowest BCUT2D eigenvalue weighted by Gasteiger charge is -2.05. The molecule has 3 aromatic rings. The Morgan fingerprint density at radius 1 is 1.00 bits per heavy atom. The van der Waals surface area contributed by atoms with E-state index in [1.165, 1.54) is 12.1 Å². The van der Waals surface area contributed by atoms with Crippen LogP contribution in [-0.4, -0.2) is 16.0 Å². The third kappa shape index (κ3) is 2.80. The summed E-state index contributed by atoms with van der Waals surface area (Å²) in [6, 6.07) is 13.0. The monoisotopic (exact) mass is 359 g/mol. The van der Waals surface area contributed by atoms with Crippen LogP contribution < -0.4 is 21.5 Å². The molecule has 0 amide bonds. The largest absolute Gasteiger partial charge is 1.00 e. The minimum Gasteiger partial charge on any atom is -1.00 e. The smallest absolute Gasteiger partial charge is 0.261 e. The summed E-state index contributed by atoms with van der Waals surface area (Å²) < 4.78 is 1.74. The molecule has 3 rings (SSSR count). The third-order valence-corrected chi connectivity index (χ3v) is 3.44. The molecule has 1 aromatic heterocycles. The second-order valence-corrected chi connectivity index (χ2v) is 4.93. The van der Waals surface area contributed by atoms with Crippen LogP contribution in [0.5, 0.6) is 11.5 Å². The molecule has 0 atom stereocenters. The average Bonchev–Trinajstić information content (AvgIpc) is 2.47. The number of phenols is 2. The molecular formula is C17H14BrNO3. The lowest BCUT2D eigenvalue weighted by Crippen LogP contribution is -3.00. The van der Waals surface area contributed by atoms with Crippen LogP contribution in [0.15, 0.2) is 54.7 Å². The first kappa shape index (κ1) is 16.0. The topological polar surface area (TPSA) is 61.4 Å². The molecule has 0 unspecified atom stereocenters. The highest BCUT2D eigenvalue weighted by Crippen LogP contribution is 2.23. The van der Waals surface area contributed by atoms with Gasteiger partial charge < -0.3 is 27.2 Å². The number of fused-ring (bicyclic) bond motifs is 1. The van der Waals surface area contributed by atoms with Gasteiger partial charge in [0.15, 0.2) is 6.20 Å². The summed E-state index contributed by atoms with van der Waals surface area (Å²) in [6.07, 6.45) is 1.78. The Balaban J connectivity index is 0.00000176. The lowest BCUT2D eigenvalue weighted by molar-refractivity contribution is -0.671. The van der Waals surface area contributed by atoms with Crippen molar-refractivity contribution in [1.29, 1.82) is 0 Å². The highest BCUT2D eigenvalue weighted by atomic mass is 79.9. The number of pyridine rings is 1. The lowest BCUT2D eigenvalue weighted by atomic mass is 10.0. The van der Waals surface area contributed by atoms with E-state index in [2.05, 4.69) is 0 Å². The molecule has 0 saturated carbocycles. The van der Waals surface area contributed by atoms with Crippen molar-refractivity contribution < 1.29 is 36.6 Å². The predicted octanol–water partition coefficient (Wildman–Crippen LogP) is -0.690. The van der Waals surface area contributed by atoms with Gasteiger partial charge >= 0.3 is 0 Å². The molecule has 0 aliphatic heterocycles. The van der Waals surface area contributed by atoms with E-state index >= 15 is 0 Å². The van der Waals surface area contributed by atoms with E-state index in [0.29, 0.717) is 11.3 Å². The van der Waals surface area contributed by atoms with Gasteiger partial charge in [0.1, 0.15) is 18.5 Å². The number of carbonyl (C=O) groups excluding carboxylic acids is 1. The number of aromatic hydroxyl groups is 2. The van der Waals surface area contributed by atoms with E-state index in [1.54, 1.807) is 48.1 Å². The molecule has 4 nitrogen and oxygen atoms in total. The van der Waals surface area contributed by atoms with E-state index < -0.39 is 0 Å². The number of hydrogen-bond donors (Lipinski definition) is 2. The molecule has 0 radical (unpaired) electrons. The van der Waals surface area contributed by atoms with E-state index in [9.17, 15) is 15.0 Å².